The summed E-state index contributed by atoms with van der Waals surface area (Å²) >= 11 is 0. The molecule has 1 aliphatic rings. The third kappa shape index (κ3) is 4.23. The maximum Gasteiger partial charge on any atom is 0.227 e. The number of pyridine rings is 1. The Morgan fingerprint density at radius 3 is 2.85 bits per heavy atom. The molecule has 0 spiro atoms. The zero-order valence-electron chi connectivity index (χ0n) is 15.9. The van der Waals surface area contributed by atoms with Crippen LogP contribution in [0.25, 0.3) is 5.65 Å². The maximum atomic E-state index is 12.5. The van der Waals surface area contributed by atoms with Gasteiger partial charge in [-0.1, -0.05) is 26.8 Å². The van der Waals surface area contributed by atoms with Gasteiger partial charge in [0.05, 0.1) is 11.6 Å². The van der Waals surface area contributed by atoms with Crippen LogP contribution in [0.4, 0.5) is 0 Å². The number of aromatic nitrogens is 2. The third-order valence-corrected chi connectivity index (χ3v) is 4.82. The molecule has 3 rings (SSSR count). The molecule has 0 aromatic carbocycles. The summed E-state index contributed by atoms with van der Waals surface area (Å²) in [5.41, 5.74) is 1.48. The molecule has 6 heteroatoms. The number of carbonyl (C=O) groups excluding carboxylic acids is 2. The van der Waals surface area contributed by atoms with Gasteiger partial charge in [-0.25, -0.2) is 4.98 Å². The van der Waals surface area contributed by atoms with Gasteiger partial charge in [0.2, 0.25) is 11.8 Å². The van der Waals surface area contributed by atoms with Crippen molar-refractivity contribution in [2.75, 3.05) is 19.6 Å². The molecule has 1 aliphatic heterocycles. The van der Waals surface area contributed by atoms with Gasteiger partial charge in [0.25, 0.3) is 0 Å². The number of hydrogen-bond acceptors (Lipinski definition) is 3. The highest BCUT2D eigenvalue weighted by atomic mass is 16.2. The molecule has 6 nitrogen and oxygen atoms in total. The van der Waals surface area contributed by atoms with E-state index >= 15 is 0 Å². The Kier molecular flexibility index (Phi) is 5.30. The standard InChI is InChI=1S/C20H28N4O2/c1-20(2,3)19(26)24-12-6-7-15(13-24)18(25)21-10-9-16-14-23-11-5-4-8-17(23)22-16/h4-5,8,11,14-15H,6-7,9-10,12-13H2,1-3H3,(H,21,25). The summed E-state index contributed by atoms with van der Waals surface area (Å²) in [6.07, 6.45) is 6.38. The number of likely N-dealkylation sites (tertiary alicyclic amines) is 1. The fourth-order valence-electron chi connectivity index (χ4n) is 3.42. The van der Waals surface area contributed by atoms with E-state index in [4.69, 9.17) is 0 Å². The molecule has 0 radical (unpaired) electrons. The number of carbonyl (C=O) groups is 2. The second-order valence-electron chi connectivity index (χ2n) is 8.08. The second-order valence-corrected chi connectivity index (χ2v) is 8.08. The number of nitrogens with one attached hydrogen (secondary N) is 1. The molecule has 1 atom stereocenters. The second kappa shape index (κ2) is 7.48. The average molecular weight is 356 g/mol. The molecule has 3 heterocycles. The molecule has 26 heavy (non-hydrogen) atoms. The van der Waals surface area contributed by atoms with E-state index < -0.39 is 5.41 Å². The summed E-state index contributed by atoms with van der Waals surface area (Å²) in [5, 5.41) is 3.02. The van der Waals surface area contributed by atoms with Crippen LogP contribution < -0.4 is 5.32 Å². The van der Waals surface area contributed by atoms with Gasteiger partial charge in [-0.05, 0) is 25.0 Å². The molecule has 0 aliphatic carbocycles. The molecule has 140 valence electrons. The summed E-state index contributed by atoms with van der Waals surface area (Å²) in [6, 6.07) is 5.89. The fraction of sp³-hybridized carbons (Fsp3) is 0.550. The molecule has 1 N–H and O–H groups in total. The van der Waals surface area contributed by atoms with E-state index in [1.807, 2.05) is 60.7 Å². The summed E-state index contributed by atoms with van der Waals surface area (Å²) in [4.78, 5) is 31.3. The number of amides is 2. The van der Waals surface area contributed by atoms with Crippen molar-refractivity contribution in [3.05, 3.63) is 36.3 Å². The molecular weight excluding hydrogens is 328 g/mol. The molecule has 0 bridgehead atoms. The summed E-state index contributed by atoms with van der Waals surface area (Å²) < 4.78 is 1.98. The number of hydrogen-bond donors (Lipinski definition) is 1. The molecule has 2 aromatic rings. The summed E-state index contributed by atoms with van der Waals surface area (Å²) in [7, 11) is 0. The van der Waals surface area contributed by atoms with E-state index in [-0.39, 0.29) is 17.7 Å². The minimum atomic E-state index is -0.401. The maximum absolute atomic E-state index is 12.5. The first-order chi connectivity index (χ1) is 12.3. The Labute approximate surface area is 154 Å². The monoisotopic (exact) mass is 356 g/mol. The zero-order chi connectivity index (χ0) is 18.7. The first-order valence-electron chi connectivity index (χ1n) is 9.34. The van der Waals surface area contributed by atoms with Crippen molar-refractivity contribution in [1.29, 1.82) is 0 Å². The van der Waals surface area contributed by atoms with Crippen molar-refractivity contribution in [2.24, 2.45) is 11.3 Å². The van der Waals surface area contributed by atoms with Crippen molar-refractivity contribution in [3.63, 3.8) is 0 Å². The van der Waals surface area contributed by atoms with Gasteiger partial charge >= 0.3 is 0 Å². The van der Waals surface area contributed by atoms with Crippen LogP contribution in [0.3, 0.4) is 0 Å². The van der Waals surface area contributed by atoms with E-state index in [1.54, 1.807) is 0 Å². The number of imidazole rings is 1. The Bertz CT molecular complexity index is 757. The SMILES string of the molecule is CC(C)(C)C(=O)N1CCCC(C(=O)NCCc2cn3ccccc3n2)C1. The van der Waals surface area contributed by atoms with Gasteiger partial charge in [0.15, 0.2) is 0 Å². The van der Waals surface area contributed by atoms with E-state index in [0.717, 1.165) is 30.7 Å². The molecular formula is C20H28N4O2. The Morgan fingerprint density at radius 1 is 1.31 bits per heavy atom. The first kappa shape index (κ1) is 18.4. The normalized spacial score (nSPS) is 18.1. The zero-order valence-corrected chi connectivity index (χ0v) is 15.9. The smallest absolute Gasteiger partial charge is 0.227 e. The van der Waals surface area contributed by atoms with Crippen LogP contribution in [0, 0.1) is 11.3 Å². The fourth-order valence-corrected chi connectivity index (χ4v) is 3.42. The molecule has 2 amide bonds. The number of rotatable bonds is 4. The number of nitrogens with zero attached hydrogens (tertiary/aromatic N) is 3. The Hall–Kier alpha value is -2.37. The molecule has 0 saturated carbocycles. The highest BCUT2D eigenvalue weighted by Crippen LogP contribution is 2.23. The van der Waals surface area contributed by atoms with Crippen molar-refractivity contribution >= 4 is 17.5 Å². The van der Waals surface area contributed by atoms with Crippen LogP contribution in [0.2, 0.25) is 0 Å². The van der Waals surface area contributed by atoms with Gasteiger partial charge in [0, 0.05) is 43.9 Å². The molecule has 1 saturated heterocycles. The molecule has 1 fully saturated rings. The largest absolute Gasteiger partial charge is 0.355 e. The Balaban J connectivity index is 1.50. The van der Waals surface area contributed by atoms with Crippen molar-refractivity contribution in [2.45, 2.75) is 40.0 Å². The van der Waals surface area contributed by atoms with Crippen molar-refractivity contribution in [3.8, 4) is 0 Å². The molecule has 2 aromatic heterocycles. The predicted octanol–water partition coefficient (Wildman–Crippen LogP) is 2.28. The van der Waals surface area contributed by atoms with Crippen LogP contribution in [-0.4, -0.2) is 45.7 Å². The quantitative estimate of drug-likeness (QED) is 0.914. The van der Waals surface area contributed by atoms with Crippen LogP contribution in [0.15, 0.2) is 30.6 Å². The summed E-state index contributed by atoms with van der Waals surface area (Å²) in [5.74, 6) is 0.0518. The minimum Gasteiger partial charge on any atom is -0.355 e. The predicted molar refractivity (Wildman–Crippen MR) is 101 cm³/mol. The Morgan fingerprint density at radius 2 is 2.12 bits per heavy atom. The van der Waals surface area contributed by atoms with Crippen molar-refractivity contribution in [1.82, 2.24) is 19.6 Å². The third-order valence-electron chi connectivity index (χ3n) is 4.82. The lowest BCUT2D eigenvalue weighted by Gasteiger charge is -2.35. The van der Waals surface area contributed by atoms with Gasteiger partial charge in [-0.3, -0.25) is 9.59 Å². The van der Waals surface area contributed by atoms with E-state index in [0.29, 0.717) is 19.5 Å². The van der Waals surface area contributed by atoms with Gasteiger partial charge in [-0.2, -0.15) is 0 Å². The topological polar surface area (TPSA) is 66.7 Å². The minimum absolute atomic E-state index is 0.0418. The van der Waals surface area contributed by atoms with Crippen LogP contribution in [-0.2, 0) is 16.0 Å². The highest BCUT2D eigenvalue weighted by molar-refractivity contribution is 5.83. The van der Waals surface area contributed by atoms with E-state index in [2.05, 4.69) is 10.3 Å². The van der Waals surface area contributed by atoms with Crippen LogP contribution in [0.1, 0.15) is 39.3 Å². The van der Waals surface area contributed by atoms with Gasteiger partial charge < -0.3 is 14.6 Å². The van der Waals surface area contributed by atoms with Crippen LogP contribution in [0.5, 0.6) is 0 Å². The van der Waals surface area contributed by atoms with Crippen molar-refractivity contribution < 1.29 is 9.59 Å². The number of fused-ring (bicyclic) bond motifs is 1. The van der Waals surface area contributed by atoms with E-state index in [9.17, 15) is 9.59 Å². The lowest BCUT2D eigenvalue weighted by atomic mass is 9.91. The average Bonchev–Trinajstić information content (AvgIpc) is 3.03. The highest BCUT2D eigenvalue weighted by Gasteiger charge is 2.33. The molecule has 1 unspecified atom stereocenters. The lowest BCUT2D eigenvalue weighted by Crippen LogP contribution is -2.48. The lowest BCUT2D eigenvalue weighted by molar-refractivity contribution is -0.142. The van der Waals surface area contributed by atoms with E-state index in [1.165, 1.54) is 0 Å². The summed E-state index contributed by atoms with van der Waals surface area (Å²) in [6.45, 7) is 7.61. The first-order valence-corrected chi connectivity index (χ1v) is 9.34. The number of piperidine rings is 1. The van der Waals surface area contributed by atoms with Gasteiger partial charge in [-0.15, -0.1) is 0 Å². The van der Waals surface area contributed by atoms with Gasteiger partial charge in [0.1, 0.15) is 5.65 Å². The van der Waals surface area contributed by atoms with Crippen LogP contribution >= 0.6 is 0 Å².